The number of nitrogens with one attached hydrogen (secondary N) is 2. The summed E-state index contributed by atoms with van der Waals surface area (Å²) in [6.45, 7) is 2.07. The van der Waals surface area contributed by atoms with E-state index in [9.17, 15) is 14.4 Å². The standard InChI is InChI=1S/C19H24N4O3S/c1-13(24)20-10-11-23-18(26)15-8-4-5-9-16(15)22-19(23)27-12-17(25)21-14-6-2-3-7-14/h4-5,8-9,14H,2-3,6-7,10-12H2,1H3,(H,20,24)(H,21,25). The molecular formula is C19H24N4O3S. The summed E-state index contributed by atoms with van der Waals surface area (Å²) < 4.78 is 1.53. The van der Waals surface area contributed by atoms with Crippen molar-refractivity contribution >= 4 is 34.5 Å². The van der Waals surface area contributed by atoms with Crippen LogP contribution in [-0.2, 0) is 16.1 Å². The Balaban J connectivity index is 1.77. The Morgan fingerprint density at radius 2 is 2.00 bits per heavy atom. The maximum Gasteiger partial charge on any atom is 0.262 e. The average Bonchev–Trinajstić information content (AvgIpc) is 3.15. The molecule has 2 amide bonds. The molecule has 2 N–H and O–H groups in total. The van der Waals surface area contributed by atoms with Crippen LogP contribution in [0.3, 0.4) is 0 Å². The van der Waals surface area contributed by atoms with Gasteiger partial charge in [-0.05, 0) is 25.0 Å². The monoisotopic (exact) mass is 388 g/mol. The van der Waals surface area contributed by atoms with Crippen LogP contribution in [0, 0.1) is 0 Å². The van der Waals surface area contributed by atoms with E-state index in [1.165, 1.54) is 23.3 Å². The minimum Gasteiger partial charge on any atom is -0.355 e. The van der Waals surface area contributed by atoms with Gasteiger partial charge in [0.05, 0.1) is 16.7 Å². The van der Waals surface area contributed by atoms with E-state index in [1.807, 2.05) is 6.07 Å². The smallest absolute Gasteiger partial charge is 0.262 e. The van der Waals surface area contributed by atoms with Crippen LogP contribution in [-0.4, -0.2) is 39.7 Å². The largest absolute Gasteiger partial charge is 0.355 e. The van der Waals surface area contributed by atoms with Gasteiger partial charge < -0.3 is 10.6 Å². The molecule has 1 aromatic heterocycles. The first kappa shape index (κ1) is 19.4. The lowest BCUT2D eigenvalue weighted by Crippen LogP contribution is -2.34. The Hall–Kier alpha value is -2.35. The van der Waals surface area contributed by atoms with Crippen LogP contribution in [0.4, 0.5) is 0 Å². The number of rotatable bonds is 7. The third kappa shape index (κ3) is 5.09. The van der Waals surface area contributed by atoms with Crippen molar-refractivity contribution in [3.63, 3.8) is 0 Å². The summed E-state index contributed by atoms with van der Waals surface area (Å²) in [5.41, 5.74) is 0.446. The maximum absolute atomic E-state index is 12.8. The highest BCUT2D eigenvalue weighted by Crippen LogP contribution is 2.20. The fourth-order valence-electron chi connectivity index (χ4n) is 3.27. The van der Waals surface area contributed by atoms with Crippen molar-refractivity contribution in [3.05, 3.63) is 34.6 Å². The summed E-state index contributed by atoms with van der Waals surface area (Å²) in [6, 6.07) is 7.42. The first-order valence-electron chi connectivity index (χ1n) is 9.21. The lowest BCUT2D eigenvalue weighted by atomic mass is 10.2. The molecule has 1 aromatic carbocycles. The lowest BCUT2D eigenvalue weighted by Gasteiger charge is -2.14. The van der Waals surface area contributed by atoms with Crippen LogP contribution < -0.4 is 16.2 Å². The summed E-state index contributed by atoms with van der Waals surface area (Å²) in [7, 11) is 0. The topological polar surface area (TPSA) is 93.1 Å². The molecule has 1 saturated carbocycles. The van der Waals surface area contributed by atoms with E-state index in [2.05, 4.69) is 15.6 Å². The highest BCUT2D eigenvalue weighted by molar-refractivity contribution is 7.99. The van der Waals surface area contributed by atoms with Crippen molar-refractivity contribution < 1.29 is 9.59 Å². The highest BCUT2D eigenvalue weighted by atomic mass is 32.2. The van der Waals surface area contributed by atoms with Crippen LogP contribution in [0.5, 0.6) is 0 Å². The van der Waals surface area contributed by atoms with Crippen LogP contribution in [0.25, 0.3) is 10.9 Å². The predicted molar refractivity (Wildman–Crippen MR) is 106 cm³/mol. The van der Waals surface area contributed by atoms with E-state index >= 15 is 0 Å². The van der Waals surface area contributed by atoms with Gasteiger partial charge in [0.1, 0.15) is 0 Å². The predicted octanol–water partition coefficient (Wildman–Crippen LogP) is 1.68. The molecule has 1 aliphatic rings. The number of carbonyl (C=O) groups is 2. The number of fused-ring (bicyclic) bond motifs is 1. The van der Waals surface area contributed by atoms with Crippen LogP contribution >= 0.6 is 11.8 Å². The molecule has 0 spiro atoms. The van der Waals surface area contributed by atoms with Crippen LogP contribution in [0.2, 0.25) is 0 Å². The maximum atomic E-state index is 12.8. The van der Waals surface area contributed by atoms with Gasteiger partial charge in [-0.3, -0.25) is 19.0 Å². The number of carbonyl (C=O) groups excluding carboxylic acids is 2. The average molecular weight is 388 g/mol. The minimum absolute atomic E-state index is 0.0391. The molecule has 1 aliphatic carbocycles. The van der Waals surface area contributed by atoms with Crippen molar-refractivity contribution in [2.45, 2.75) is 50.4 Å². The molecule has 0 aliphatic heterocycles. The van der Waals surface area contributed by atoms with Gasteiger partial charge in [-0.1, -0.05) is 36.7 Å². The second kappa shape index (κ2) is 9.03. The van der Waals surface area contributed by atoms with Gasteiger partial charge >= 0.3 is 0 Å². The Morgan fingerprint density at radius 1 is 1.26 bits per heavy atom. The van der Waals surface area contributed by atoms with Crippen molar-refractivity contribution in [2.24, 2.45) is 0 Å². The van der Waals surface area contributed by atoms with Crippen molar-refractivity contribution in [2.75, 3.05) is 12.3 Å². The number of nitrogens with zero attached hydrogens (tertiary/aromatic N) is 2. The van der Waals surface area contributed by atoms with Gasteiger partial charge in [0.2, 0.25) is 11.8 Å². The van der Waals surface area contributed by atoms with E-state index < -0.39 is 0 Å². The van der Waals surface area contributed by atoms with E-state index in [0.717, 1.165) is 25.7 Å². The number of hydrogen-bond acceptors (Lipinski definition) is 5. The molecule has 2 aromatic rings. The Kier molecular flexibility index (Phi) is 6.49. The molecule has 3 rings (SSSR count). The summed E-state index contributed by atoms with van der Waals surface area (Å²) in [6.07, 6.45) is 4.39. The zero-order valence-corrected chi connectivity index (χ0v) is 16.2. The van der Waals surface area contributed by atoms with E-state index in [-0.39, 0.29) is 29.2 Å². The zero-order valence-electron chi connectivity index (χ0n) is 15.4. The molecule has 1 heterocycles. The minimum atomic E-state index is -0.162. The molecular weight excluding hydrogens is 364 g/mol. The number of para-hydroxylation sites is 1. The zero-order chi connectivity index (χ0) is 19.2. The van der Waals surface area contributed by atoms with Crippen molar-refractivity contribution in [3.8, 4) is 0 Å². The molecule has 27 heavy (non-hydrogen) atoms. The fraction of sp³-hybridized carbons (Fsp3) is 0.474. The second-order valence-electron chi connectivity index (χ2n) is 6.69. The summed E-state index contributed by atoms with van der Waals surface area (Å²) >= 11 is 1.25. The molecule has 0 saturated heterocycles. The summed E-state index contributed by atoms with van der Waals surface area (Å²) in [5, 5.41) is 6.76. The Morgan fingerprint density at radius 3 is 2.74 bits per heavy atom. The first-order chi connectivity index (χ1) is 13.0. The quantitative estimate of drug-likeness (QED) is 0.556. The number of thioether (sulfide) groups is 1. The highest BCUT2D eigenvalue weighted by Gasteiger charge is 2.18. The molecule has 0 unspecified atom stereocenters. The van der Waals surface area contributed by atoms with Gasteiger partial charge in [0.15, 0.2) is 5.16 Å². The van der Waals surface area contributed by atoms with E-state index in [4.69, 9.17) is 0 Å². The second-order valence-corrected chi connectivity index (χ2v) is 7.63. The number of amides is 2. The van der Waals surface area contributed by atoms with Crippen molar-refractivity contribution in [1.29, 1.82) is 0 Å². The summed E-state index contributed by atoms with van der Waals surface area (Å²) in [4.78, 5) is 40.8. The number of benzene rings is 1. The molecule has 0 bridgehead atoms. The van der Waals surface area contributed by atoms with Gasteiger partial charge in [-0.2, -0.15) is 0 Å². The third-order valence-corrected chi connectivity index (χ3v) is 5.57. The van der Waals surface area contributed by atoms with E-state index in [1.54, 1.807) is 18.2 Å². The number of hydrogen-bond donors (Lipinski definition) is 2. The van der Waals surface area contributed by atoms with Crippen LogP contribution in [0.1, 0.15) is 32.6 Å². The Labute approximate surface area is 161 Å². The van der Waals surface area contributed by atoms with Gasteiger partial charge in [0.25, 0.3) is 5.56 Å². The van der Waals surface area contributed by atoms with Crippen LogP contribution in [0.15, 0.2) is 34.2 Å². The van der Waals surface area contributed by atoms with Gasteiger partial charge in [0, 0.05) is 26.1 Å². The molecule has 8 heteroatoms. The molecule has 0 atom stereocenters. The first-order valence-corrected chi connectivity index (χ1v) is 10.2. The molecule has 0 radical (unpaired) electrons. The lowest BCUT2D eigenvalue weighted by molar-refractivity contribution is -0.119. The van der Waals surface area contributed by atoms with Crippen molar-refractivity contribution in [1.82, 2.24) is 20.2 Å². The number of aromatic nitrogens is 2. The Bertz CT molecular complexity index is 890. The van der Waals surface area contributed by atoms with E-state index in [0.29, 0.717) is 29.1 Å². The molecule has 7 nitrogen and oxygen atoms in total. The normalized spacial score (nSPS) is 14.4. The molecule has 1 fully saturated rings. The molecule has 144 valence electrons. The SMILES string of the molecule is CC(=O)NCCn1c(SCC(=O)NC2CCCC2)nc2ccccc2c1=O. The van der Waals surface area contributed by atoms with Gasteiger partial charge in [-0.25, -0.2) is 4.98 Å². The fourth-order valence-corrected chi connectivity index (χ4v) is 4.10. The third-order valence-electron chi connectivity index (χ3n) is 4.59. The summed E-state index contributed by atoms with van der Waals surface area (Å²) in [5.74, 6) is 0.0196. The van der Waals surface area contributed by atoms with Gasteiger partial charge in [-0.15, -0.1) is 0 Å².